The van der Waals surface area contributed by atoms with E-state index in [0.717, 1.165) is 18.2 Å². The molecular formula is C17H27NO. The van der Waals surface area contributed by atoms with Crippen molar-refractivity contribution in [3.63, 3.8) is 0 Å². The van der Waals surface area contributed by atoms with Gasteiger partial charge in [-0.25, -0.2) is 0 Å². The lowest BCUT2D eigenvalue weighted by atomic mass is 9.76. The number of benzene rings is 1. The lowest BCUT2D eigenvalue weighted by Gasteiger charge is -2.31. The highest BCUT2D eigenvalue weighted by Gasteiger charge is 2.26. The molecule has 2 rings (SSSR count). The Morgan fingerprint density at radius 2 is 1.79 bits per heavy atom. The van der Waals surface area contributed by atoms with Gasteiger partial charge in [0, 0.05) is 5.92 Å². The van der Waals surface area contributed by atoms with E-state index in [2.05, 4.69) is 26.0 Å². The number of methoxy groups -OCH3 is 1. The Morgan fingerprint density at radius 3 is 2.37 bits per heavy atom. The number of aryl methyl sites for hydroxylation is 2. The van der Waals surface area contributed by atoms with Crippen LogP contribution in [0, 0.1) is 19.8 Å². The van der Waals surface area contributed by atoms with Gasteiger partial charge in [-0.3, -0.25) is 0 Å². The van der Waals surface area contributed by atoms with Gasteiger partial charge in [-0.2, -0.15) is 0 Å². The number of rotatable bonds is 4. The number of hydrogen-bond acceptors (Lipinski definition) is 2. The highest BCUT2D eigenvalue weighted by Crippen LogP contribution is 2.39. The summed E-state index contributed by atoms with van der Waals surface area (Å²) >= 11 is 0. The molecule has 0 spiro atoms. The van der Waals surface area contributed by atoms with Crippen LogP contribution < -0.4 is 10.5 Å². The summed E-state index contributed by atoms with van der Waals surface area (Å²) in [4.78, 5) is 0. The molecule has 1 saturated carbocycles. The Balaban J connectivity index is 2.33. The van der Waals surface area contributed by atoms with Crippen LogP contribution in [-0.4, -0.2) is 13.7 Å². The Morgan fingerprint density at radius 1 is 1.16 bits per heavy atom. The minimum Gasteiger partial charge on any atom is -0.496 e. The zero-order chi connectivity index (χ0) is 13.8. The van der Waals surface area contributed by atoms with E-state index >= 15 is 0 Å². The first-order chi connectivity index (χ1) is 9.17. The zero-order valence-corrected chi connectivity index (χ0v) is 12.5. The zero-order valence-electron chi connectivity index (χ0n) is 12.5. The normalized spacial score (nSPS) is 18.3. The number of ether oxygens (including phenoxy) is 1. The maximum absolute atomic E-state index is 6.09. The van der Waals surface area contributed by atoms with E-state index in [1.165, 1.54) is 48.8 Å². The fourth-order valence-electron chi connectivity index (χ4n) is 3.39. The first-order valence-electron chi connectivity index (χ1n) is 7.52. The lowest BCUT2D eigenvalue weighted by Crippen LogP contribution is -2.24. The van der Waals surface area contributed by atoms with Crippen LogP contribution in [-0.2, 0) is 0 Å². The first kappa shape index (κ1) is 14.4. The van der Waals surface area contributed by atoms with E-state index in [1.54, 1.807) is 7.11 Å². The van der Waals surface area contributed by atoms with Crippen molar-refractivity contribution in [1.82, 2.24) is 0 Å². The van der Waals surface area contributed by atoms with E-state index in [9.17, 15) is 0 Å². The Labute approximate surface area is 117 Å². The van der Waals surface area contributed by atoms with Crippen molar-refractivity contribution in [1.29, 1.82) is 0 Å². The summed E-state index contributed by atoms with van der Waals surface area (Å²) in [5.41, 5.74) is 10.0. The van der Waals surface area contributed by atoms with Gasteiger partial charge in [0.2, 0.25) is 0 Å². The highest BCUT2D eigenvalue weighted by atomic mass is 16.5. The second kappa shape index (κ2) is 6.42. The van der Waals surface area contributed by atoms with E-state index in [-0.39, 0.29) is 0 Å². The smallest absolute Gasteiger partial charge is 0.122 e. The van der Waals surface area contributed by atoms with Crippen molar-refractivity contribution in [3.8, 4) is 5.75 Å². The van der Waals surface area contributed by atoms with E-state index in [0.29, 0.717) is 5.92 Å². The summed E-state index contributed by atoms with van der Waals surface area (Å²) in [5, 5.41) is 0. The molecule has 0 bridgehead atoms. The molecule has 1 aliphatic carbocycles. The second-order valence-corrected chi connectivity index (χ2v) is 5.92. The number of hydrogen-bond donors (Lipinski definition) is 1. The molecule has 1 unspecified atom stereocenters. The van der Waals surface area contributed by atoms with Crippen LogP contribution in [0.4, 0.5) is 0 Å². The lowest BCUT2D eigenvalue weighted by molar-refractivity contribution is 0.300. The largest absolute Gasteiger partial charge is 0.496 e. The molecule has 1 aromatic carbocycles. The number of nitrogens with two attached hydrogens (primary N) is 1. The Hall–Kier alpha value is -1.02. The minimum absolute atomic E-state index is 0.453. The average Bonchev–Trinajstić information content (AvgIpc) is 2.44. The van der Waals surface area contributed by atoms with Crippen LogP contribution in [0.2, 0.25) is 0 Å². The molecule has 0 aliphatic heterocycles. The molecule has 1 aromatic rings. The Bertz CT molecular complexity index is 422. The van der Waals surface area contributed by atoms with Gasteiger partial charge in [-0.15, -0.1) is 0 Å². The van der Waals surface area contributed by atoms with Gasteiger partial charge in [0.15, 0.2) is 0 Å². The van der Waals surface area contributed by atoms with Crippen molar-refractivity contribution in [2.45, 2.75) is 51.9 Å². The molecule has 0 saturated heterocycles. The average molecular weight is 261 g/mol. The van der Waals surface area contributed by atoms with Gasteiger partial charge >= 0.3 is 0 Å². The van der Waals surface area contributed by atoms with Gasteiger partial charge in [0.05, 0.1) is 7.11 Å². The quantitative estimate of drug-likeness (QED) is 0.891. The molecule has 1 aliphatic rings. The van der Waals surface area contributed by atoms with Crippen molar-refractivity contribution in [3.05, 3.63) is 28.8 Å². The van der Waals surface area contributed by atoms with E-state index in [4.69, 9.17) is 10.5 Å². The van der Waals surface area contributed by atoms with Crippen LogP contribution in [0.5, 0.6) is 5.75 Å². The van der Waals surface area contributed by atoms with Crippen LogP contribution >= 0.6 is 0 Å². The van der Waals surface area contributed by atoms with Crippen LogP contribution in [0.15, 0.2) is 12.1 Å². The molecular weight excluding hydrogens is 234 g/mol. The molecule has 1 fully saturated rings. The van der Waals surface area contributed by atoms with Crippen LogP contribution in [0.1, 0.15) is 54.7 Å². The topological polar surface area (TPSA) is 35.2 Å². The van der Waals surface area contributed by atoms with Gasteiger partial charge in [0.1, 0.15) is 5.75 Å². The third-order valence-electron chi connectivity index (χ3n) is 4.72. The molecule has 0 heterocycles. The fourth-order valence-corrected chi connectivity index (χ4v) is 3.39. The fraction of sp³-hybridized carbons (Fsp3) is 0.647. The van der Waals surface area contributed by atoms with Crippen molar-refractivity contribution in [2.75, 3.05) is 13.7 Å². The molecule has 2 N–H and O–H groups in total. The summed E-state index contributed by atoms with van der Waals surface area (Å²) < 4.78 is 5.60. The van der Waals surface area contributed by atoms with Crippen LogP contribution in [0.25, 0.3) is 0 Å². The maximum Gasteiger partial charge on any atom is 0.122 e. The third kappa shape index (κ3) is 3.11. The summed E-state index contributed by atoms with van der Waals surface area (Å²) in [7, 11) is 1.77. The molecule has 0 aromatic heterocycles. The molecule has 0 radical (unpaired) electrons. The standard InChI is InChI=1S/C17H27NO/c1-12-9-15(17(19-3)10-13(12)2)16(11-18)14-7-5-4-6-8-14/h9-10,14,16H,4-8,11,18H2,1-3H3. The molecule has 1 atom stereocenters. The summed E-state index contributed by atoms with van der Waals surface area (Å²) in [5.74, 6) is 2.20. The highest BCUT2D eigenvalue weighted by molar-refractivity contribution is 5.44. The molecule has 0 amide bonds. The monoisotopic (exact) mass is 261 g/mol. The molecule has 106 valence electrons. The van der Waals surface area contributed by atoms with Gasteiger partial charge < -0.3 is 10.5 Å². The maximum atomic E-state index is 6.09. The Kier molecular flexibility index (Phi) is 4.87. The second-order valence-electron chi connectivity index (χ2n) is 5.92. The van der Waals surface area contributed by atoms with Gasteiger partial charge in [-0.1, -0.05) is 25.3 Å². The predicted octanol–water partition coefficient (Wildman–Crippen LogP) is 3.93. The van der Waals surface area contributed by atoms with Crippen LogP contribution in [0.3, 0.4) is 0 Å². The van der Waals surface area contributed by atoms with Crippen molar-refractivity contribution < 1.29 is 4.74 Å². The molecule has 2 nitrogen and oxygen atoms in total. The minimum atomic E-state index is 0.453. The van der Waals surface area contributed by atoms with E-state index < -0.39 is 0 Å². The van der Waals surface area contributed by atoms with Gasteiger partial charge in [0.25, 0.3) is 0 Å². The van der Waals surface area contributed by atoms with Gasteiger partial charge in [-0.05, 0) is 61.9 Å². The van der Waals surface area contributed by atoms with Crippen molar-refractivity contribution in [2.24, 2.45) is 11.7 Å². The third-order valence-corrected chi connectivity index (χ3v) is 4.72. The first-order valence-corrected chi connectivity index (χ1v) is 7.52. The summed E-state index contributed by atoms with van der Waals surface area (Å²) in [6.07, 6.45) is 6.73. The predicted molar refractivity (Wildman–Crippen MR) is 80.8 cm³/mol. The SMILES string of the molecule is COc1cc(C)c(C)cc1C(CN)C1CCCCC1. The molecule has 19 heavy (non-hydrogen) atoms. The summed E-state index contributed by atoms with van der Waals surface area (Å²) in [6.45, 7) is 5.04. The van der Waals surface area contributed by atoms with Crippen molar-refractivity contribution >= 4 is 0 Å². The summed E-state index contributed by atoms with van der Waals surface area (Å²) in [6, 6.07) is 4.45. The van der Waals surface area contributed by atoms with E-state index in [1.807, 2.05) is 0 Å². The molecule has 2 heteroatoms.